The van der Waals surface area contributed by atoms with Crippen LogP contribution in [0.3, 0.4) is 0 Å². The Labute approximate surface area is 193 Å². The van der Waals surface area contributed by atoms with Crippen molar-refractivity contribution in [2.75, 3.05) is 33.1 Å². The van der Waals surface area contributed by atoms with E-state index in [1.165, 1.54) is 12.0 Å². The zero-order chi connectivity index (χ0) is 23.0. The van der Waals surface area contributed by atoms with Crippen molar-refractivity contribution in [1.29, 1.82) is 0 Å². The molecule has 0 unspecified atom stereocenters. The summed E-state index contributed by atoms with van der Waals surface area (Å²) in [6.07, 6.45) is 3.32. The number of hydrogen-bond donors (Lipinski definition) is 0. The second-order valence-corrected chi connectivity index (χ2v) is 9.83. The van der Waals surface area contributed by atoms with E-state index < -0.39 is 23.3 Å². The molecule has 3 aliphatic heterocycles. The lowest BCUT2D eigenvalue weighted by atomic mass is 9.75. The van der Waals surface area contributed by atoms with E-state index in [9.17, 15) is 14.4 Å². The summed E-state index contributed by atoms with van der Waals surface area (Å²) in [5.41, 5.74) is -0.188. The summed E-state index contributed by atoms with van der Waals surface area (Å²) in [7, 11) is 3.02. The van der Waals surface area contributed by atoms with E-state index in [-0.39, 0.29) is 17.9 Å². The number of carbonyl (C=O) groups excluding carboxylic acids is 3. The second kappa shape index (κ2) is 9.06. The van der Waals surface area contributed by atoms with Crippen molar-refractivity contribution in [3.8, 4) is 5.75 Å². The lowest BCUT2D eigenvalue weighted by molar-refractivity contribution is -0.164. The van der Waals surface area contributed by atoms with E-state index in [0.29, 0.717) is 19.5 Å². The molecule has 32 heavy (non-hydrogen) atoms. The molecular formula is C24H32N2O5S. The molecule has 1 aromatic rings. The van der Waals surface area contributed by atoms with Gasteiger partial charge in [-0.1, -0.05) is 13.0 Å². The van der Waals surface area contributed by atoms with Crippen LogP contribution in [0.5, 0.6) is 5.75 Å². The monoisotopic (exact) mass is 460 g/mol. The van der Waals surface area contributed by atoms with Crippen molar-refractivity contribution in [2.45, 2.75) is 56.0 Å². The zero-order valence-electron chi connectivity index (χ0n) is 19.3. The quantitative estimate of drug-likeness (QED) is 0.351. The van der Waals surface area contributed by atoms with Crippen LogP contribution in [0.15, 0.2) is 23.1 Å². The number of likely N-dealkylation sites (tertiary alicyclic amines) is 1. The first kappa shape index (κ1) is 23.1. The minimum atomic E-state index is -1.10. The number of nitrogens with zero attached hydrogens (tertiary/aromatic N) is 2. The first-order valence-electron chi connectivity index (χ1n) is 11.5. The molecule has 3 aliphatic rings. The molecule has 4 rings (SSSR count). The number of esters is 1. The van der Waals surface area contributed by atoms with Gasteiger partial charge in [-0.3, -0.25) is 24.2 Å². The highest BCUT2D eigenvalue weighted by Crippen LogP contribution is 2.58. The molecule has 1 aromatic carbocycles. The predicted octanol–water partition coefficient (Wildman–Crippen LogP) is 3.27. The Morgan fingerprint density at radius 2 is 1.97 bits per heavy atom. The zero-order valence-corrected chi connectivity index (χ0v) is 20.1. The first-order valence-corrected chi connectivity index (χ1v) is 12.5. The number of amides is 2. The largest absolute Gasteiger partial charge is 0.496 e. The van der Waals surface area contributed by atoms with E-state index >= 15 is 0 Å². The summed E-state index contributed by atoms with van der Waals surface area (Å²) < 4.78 is 10.9. The molecule has 4 atom stereocenters. The van der Waals surface area contributed by atoms with Crippen LogP contribution < -0.4 is 4.74 Å². The Morgan fingerprint density at radius 3 is 2.62 bits per heavy atom. The highest BCUT2D eigenvalue weighted by molar-refractivity contribution is 7.99. The van der Waals surface area contributed by atoms with E-state index in [1.54, 1.807) is 25.8 Å². The maximum atomic E-state index is 13.5. The molecule has 0 aromatic heterocycles. The molecular weight excluding hydrogens is 428 g/mol. The molecule has 3 saturated heterocycles. The minimum absolute atomic E-state index is 0.187. The average Bonchev–Trinajstić information content (AvgIpc) is 3.27. The number of hydrogen-bond acceptors (Lipinski definition) is 7. The summed E-state index contributed by atoms with van der Waals surface area (Å²) in [6, 6.07) is 5.67. The van der Waals surface area contributed by atoms with Gasteiger partial charge in [0.15, 0.2) is 0 Å². The fourth-order valence-electron chi connectivity index (χ4n) is 5.93. The molecule has 0 bridgehead atoms. The SMILES string of the molecule is CCCSc1ccc([C@@H]2[C@@H]3C(=O)N(CC)C(=O)[C@@H]3[C@]3(C(=O)OC)CCCCN23)cc1OC. The molecule has 8 heteroatoms. The number of carbonyl (C=O) groups is 3. The van der Waals surface area contributed by atoms with Crippen molar-refractivity contribution < 1.29 is 23.9 Å². The maximum Gasteiger partial charge on any atom is 0.327 e. The molecule has 0 aliphatic carbocycles. The van der Waals surface area contributed by atoms with Crippen LogP contribution in [0, 0.1) is 11.8 Å². The number of fused-ring (bicyclic) bond motifs is 3. The van der Waals surface area contributed by atoms with Crippen LogP contribution in [0.1, 0.15) is 51.1 Å². The number of rotatable bonds is 7. The third-order valence-electron chi connectivity index (χ3n) is 7.20. The number of piperidine rings is 1. The molecule has 7 nitrogen and oxygen atoms in total. The number of thioether (sulfide) groups is 1. The number of benzene rings is 1. The average molecular weight is 461 g/mol. The van der Waals surface area contributed by atoms with Gasteiger partial charge in [0.2, 0.25) is 11.8 Å². The molecule has 2 amide bonds. The van der Waals surface area contributed by atoms with Crippen LogP contribution in [-0.4, -0.2) is 66.2 Å². The molecule has 0 saturated carbocycles. The lowest BCUT2D eigenvalue weighted by Crippen LogP contribution is -2.59. The molecule has 0 N–H and O–H groups in total. The standard InChI is InChI=1S/C24H32N2O5S/c1-5-13-32-17-10-9-15(14-16(17)30-3)20-18-19(22(28)25(6-2)21(18)27)24(23(29)31-4)11-7-8-12-26(20)24/h9-10,14,18-20H,5-8,11-13H2,1-4H3/t18-,19-,20-,24+/m1/s1. The smallest absolute Gasteiger partial charge is 0.327 e. The minimum Gasteiger partial charge on any atom is -0.496 e. The van der Waals surface area contributed by atoms with Crippen LogP contribution >= 0.6 is 11.8 Å². The Bertz CT molecular complexity index is 922. The van der Waals surface area contributed by atoms with Crippen molar-refractivity contribution in [3.63, 3.8) is 0 Å². The fraction of sp³-hybridized carbons (Fsp3) is 0.625. The summed E-state index contributed by atoms with van der Waals surface area (Å²) in [5.74, 6) is -0.408. The van der Waals surface area contributed by atoms with Gasteiger partial charge in [0.25, 0.3) is 0 Å². The van der Waals surface area contributed by atoms with Gasteiger partial charge in [-0.15, -0.1) is 11.8 Å². The third-order valence-corrected chi connectivity index (χ3v) is 8.46. The van der Waals surface area contributed by atoms with Crippen molar-refractivity contribution in [3.05, 3.63) is 23.8 Å². The molecule has 0 spiro atoms. The van der Waals surface area contributed by atoms with Gasteiger partial charge in [-0.25, -0.2) is 0 Å². The summed E-state index contributed by atoms with van der Waals surface area (Å²) in [4.78, 5) is 44.6. The van der Waals surface area contributed by atoms with Gasteiger partial charge in [0, 0.05) is 17.5 Å². The Kier molecular flexibility index (Phi) is 6.54. The van der Waals surface area contributed by atoms with Crippen LogP contribution in [0.25, 0.3) is 0 Å². The molecule has 174 valence electrons. The third kappa shape index (κ3) is 3.25. The van der Waals surface area contributed by atoms with E-state index in [0.717, 1.165) is 41.2 Å². The summed E-state index contributed by atoms with van der Waals surface area (Å²) in [5, 5.41) is 0. The van der Waals surface area contributed by atoms with Crippen molar-refractivity contribution in [2.24, 2.45) is 11.8 Å². The summed E-state index contributed by atoms with van der Waals surface area (Å²) >= 11 is 1.74. The Morgan fingerprint density at radius 1 is 1.19 bits per heavy atom. The van der Waals surface area contributed by atoms with Gasteiger partial charge in [-0.2, -0.15) is 0 Å². The van der Waals surface area contributed by atoms with Crippen molar-refractivity contribution >= 4 is 29.5 Å². The van der Waals surface area contributed by atoms with Crippen LogP contribution in [0.4, 0.5) is 0 Å². The van der Waals surface area contributed by atoms with Gasteiger partial charge in [-0.05, 0) is 62.6 Å². The van der Waals surface area contributed by atoms with Crippen LogP contribution in [0.2, 0.25) is 0 Å². The predicted molar refractivity (Wildman–Crippen MR) is 121 cm³/mol. The lowest BCUT2D eigenvalue weighted by Gasteiger charge is -2.44. The summed E-state index contributed by atoms with van der Waals surface area (Å²) in [6.45, 7) is 4.90. The fourth-order valence-corrected chi connectivity index (χ4v) is 6.80. The Hall–Kier alpha value is -2.06. The number of ether oxygens (including phenoxy) is 2. The van der Waals surface area contributed by atoms with Gasteiger partial charge in [0.1, 0.15) is 11.3 Å². The first-order chi connectivity index (χ1) is 15.5. The van der Waals surface area contributed by atoms with Gasteiger partial charge in [0.05, 0.1) is 26.1 Å². The highest BCUT2D eigenvalue weighted by atomic mass is 32.2. The molecule has 3 heterocycles. The van der Waals surface area contributed by atoms with E-state index in [2.05, 4.69) is 11.8 Å². The van der Waals surface area contributed by atoms with E-state index in [1.807, 2.05) is 18.2 Å². The second-order valence-electron chi connectivity index (χ2n) is 8.69. The van der Waals surface area contributed by atoms with Gasteiger partial charge < -0.3 is 9.47 Å². The normalized spacial score (nSPS) is 29.8. The molecule has 3 fully saturated rings. The van der Waals surface area contributed by atoms with Crippen LogP contribution in [-0.2, 0) is 19.1 Å². The number of imide groups is 1. The highest BCUT2D eigenvalue weighted by Gasteiger charge is 2.72. The Balaban J connectivity index is 1.85. The van der Waals surface area contributed by atoms with E-state index in [4.69, 9.17) is 9.47 Å². The molecule has 0 radical (unpaired) electrons. The maximum absolute atomic E-state index is 13.5. The topological polar surface area (TPSA) is 76.2 Å². The van der Waals surface area contributed by atoms with Gasteiger partial charge >= 0.3 is 5.97 Å². The van der Waals surface area contributed by atoms with Crippen molar-refractivity contribution in [1.82, 2.24) is 9.80 Å². The number of methoxy groups -OCH3 is 2.